The van der Waals surface area contributed by atoms with E-state index in [-0.39, 0.29) is 19.3 Å². The number of hydrogen-bond acceptors (Lipinski definition) is 10. The quantitative estimate of drug-likeness (QED) is 0.304. The lowest BCUT2D eigenvalue weighted by molar-refractivity contribution is -0.252. The zero-order valence-electron chi connectivity index (χ0n) is 23.7. The number of carbonyl (C=O) groups is 4. The van der Waals surface area contributed by atoms with Gasteiger partial charge in [0.05, 0.1) is 6.10 Å². The van der Waals surface area contributed by atoms with Gasteiger partial charge < -0.3 is 29.2 Å². The zero-order valence-corrected chi connectivity index (χ0v) is 23.7. The zero-order chi connectivity index (χ0) is 28.8. The Kier molecular flexibility index (Phi) is 8.39. The van der Waals surface area contributed by atoms with Crippen LogP contribution in [-0.2, 0) is 38.1 Å². The maximum Gasteiger partial charge on any atom is 0.303 e. The van der Waals surface area contributed by atoms with E-state index in [1.165, 1.54) is 27.7 Å². The third-order valence-corrected chi connectivity index (χ3v) is 8.98. The molecule has 0 aromatic carbocycles. The average Bonchev–Trinajstić information content (AvgIpc) is 2.75. The van der Waals surface area contributed by atoms with Gasteiger partial charge in [0.2, 0.25) is 0 Å². The fourth-order valence-corrected chi connectivity index (χ4v) is 7.53. The summed E-state index contributed by atoms with van der Waals surface area (Å²) in [5.41, 5.74) is -1.92. The Morgan fingerprint density at radius 3 is 1.97 bits per heavy atom. The van der Waals surface area contributed by atoms with E-state index in [1.807, 2.05) is 27.7 Å². The van der Waals surface area contributed by atoms with Gasteiger partial charge in [0.15, 0.2) is 0 Å². The van der Waals surface area contributed by atoms with Gasteiger partial charge >= 0.3 is 23.9 Å². The fourth-order valence-electron chi connectivity index (χ4n) is 7.53. The fraction of sp³-hybridized carbons (Fsp3) is 0.786. The minimum atomic E-state index is -1.96. The summed E-state index contributed by atoms with van der Waals surface area (Å²) >= 11 is 0. The van der Waals surface area contributed by atoms with Gasteiger partial charge in [-0.3, -0.25) is 19.2 Å². The summed E-state index contributed by atoms with van der Waals surface area (Å²) in [6, 6.07) is 0. The third-order valence-electron chi connectivity index (χ3n) is 8.98. The molecule has 10 heteroatoms. The monoisotopic (exact) mass is 538 g/mol. The van der Waals surface area contributed by atoms with Crippen molar-refractivity contribution >= 4 is 23.9 Å². The summed E-state index contributed by atoms with van der Waals surface area (Å²) in [6.07, 6.45) is -2.44. The number of aliphatic hydroxyl groups is 2. The molecule has 0 spiro atoms. The molecule has 2 saturated carbocycles. The molecule has 2 fully saturated rings. The molecule has 38 heavy (non-hydrogen) atoms. The first-order chi connectivity index (χ1) is 17.4. The Morgan fingerprint density at radius 2 is 1.45 bits per heavy atom. The molecule has 0 aromatic rings. The van der Waals surface area contributed by atoms with Gasteiger partial charge in [0.1, 0.15) is 30.5 Å². The van der Waals surface area contributed by atoms with Gasteiger partial charge in [0, 0.05) is 39.5 Å². The minimum absolute atomic E-state index is 0.201. The van der Waals surface area contributed by atoms with E-state index in [1.54, 1.807) is 0 Å². The molecule has 2 bridgehead atoms. The summed E-state index contributed by atoms with van der Waals surface area (Å²) in [4.78, 5) is 48.7. The van der Waals surface area contributed by atoms with Gasteiger partial charge in [-0.05, 0) is 54.6 Å². The van der Waals surface area contributed by atoms with Crippen LogP contribution in [-0.4, -0.2) is 70.7 Å². The molecule has 0 radical (unpaired) electrons. The molecular weight excluding hydrogens is 496 g/mol. The molecule has 3 aliphatic rings. The highest BCUT2D eigenvalue weighted by Gasteiger charge is 2.65. The van der Waals surface area contributed by atoms with E-state index in [9.17, 15) is 29.4 Å². The Morgan fingerprint density at radius 1 is 0.895 bits per heavy atom. The summed E-state index contributed by atoms with van der Waals surface area (Å²) in [5, 5.41) is 23.3. The van der Waals surface area contributed by atoms with Crippen molar-refractivity contribution in [3.8, 4) is 0 Å². The largest absolute Gasteiger partial charge is 0.463 e. The minimum Gasteiger partial charge on any atom is -0.463 e. The van der Waals surface area contributed by atoms with E-state index >= 15 is 0 Å². The van der Waals surface area contributed by atoms with E-state index in [0.29, 0.717) is 6.42 Å². The van der Waals surface area contributed by atoms with Gasteiger partial charge in [-0.15, -0.1) is 0 Å². The molecule has 0 unspecified atom stereocenters. The van der Waals surface area contributed by atoms with Gasteiger partial charge in [-0.25, -0.2) is 0 Å². The van der Waals surface area contributed by atoms with Crippen molar-refractivity contribution in [2.24, 2.45) is 22.7 Å². The second kappa shape index (κ2) is 10.6. The summed E-state index contributed by atoms with van der Waals surface area (Å²) in [7, 11) is 0. The molecule has 0 aliphatic heterocycles. The van der Waals surface area contributed by atoms with Crippen molar-refractivity contribution in [3.05, 3.63) is 11.1 Å². The molecule has 10 nitrogen and oxygen atoms in total. The number of carbonyl (C=O) groups excluding carboxylic acids is 4. The van der Waals surface area contributed by atoms with Crippen LogP contribution >= 0.6 is 0 Å². The smallest absolute Gasteiger partial charge is 0.303 e. The highest BCUT2D eigenvalue weighted by Crippen LogP contribution is 2.61. The van der Waals surface area contributed by atoms with Crippen molar-refractivity contribution in [3.63, 3.8) is 0 Å². The molecule has 0 heterocycles. The number of fused-ring (bicyclic) bond motifs is 3. The lowest BCUT2D eigenvalue weighted by Gasteiger charge is -2.61. The van der Waals surface area contributed by atoms with Crippen LogP contribution in [0.4, 0.5) is 0 Å². The Labute approximate surface area is 224 Å². The standard InChI is InChI=1S/C28H42O10/c1-14-20(36-16(3)30)11-19-24(38-18(5)32)25-27(8,10-9-22(33)28(25,34)13-35-15(2)29)12-21(37-17(4)31)23(14)26(19,6)7/h19-22,24-25,33-34H,9-13H2,1-8H3/t19-,20-,21-,22-,24+,25-,27-,28-/m0/s1. The van der Waals surface area contributed by atoms with E-state index in [0.717, 1.165) is 11.1 Å². The van der Waals surface area contributed by atoms with E-state index < -0.39 is 83.2 Å². The first-order valence-corrected chi connectivity index (χ1v) is 13.2. The Balaban J connectivity index is 2.33. The second-order valence-electron chi connectivity index (χ2n) is 12.1. The van der Waals surface area contributed by atoms with Gasteiger partial charge in [0.25, 0.3) is 0 Å². The summed E-state index contributed by atoms with van der Waals surface area (Å²) < 4.78 is 22.9. The molecule has 8 atom stereocenters. The molecular formula is C28H42O10. The second-order valence-corrected chi connectivity index (χ2v) is 12.1. The van der Waals surface area contributed by atoms with Crippen LogP contribution in [0.1, 0.15) is 81.1 Å². The molecule has 0 saturated heterocycles. The van der Waals surface area contributed by atoms with Crippen LogP contribution < -0.4 is 0 Å². The van der Waals surface area contributed by atoms with Crippen molar-refractivity contribution in [2.75, 3.05) is 6.61 Å². The highest BCUT2D eigenvalue weighted by atomic mass is 16.6. The highest BCUT2D eigenvalue weighted by molar-refractivity contribution is 5.68. The molecule has 3 aliphatic carbocycles. The van der Waals surface area contributed by atoms with Crippen molar-refractivity contribution in [1.29, 1.82) is 0 Å². The van der Waals surface area contributed by atoms with Crippen molar-refractivity contribution < 1.29 is 48.3 Å². The van der Waals surface area contributed by atoms with Crippen LogP contribution in [0.5, 0.6) is 0 Å². The normalized spacial score (nSPS) is 38.2. The predicted octanol–water partition coefficient (Wildman–Crippen LogP) is 2.62. The SMILES string of the molecule is CC(=O)OC[C@]1(O)[C@@H](O)CC[C@@]2(C)C[C@H](OC(C)=O)C3=C(C)[C@@H](OC(C)=O)C[C@@H]([C@@H](OC(C)=O)[C@@H]21)C3(C)C. The predicted molar refractivity (Wildman–Crippen MR) is 134 cm³/mol. The number of aliphatic hydroxyl groups excluding tert-OH is 1. The summed E-state index contributed by atoms with van der Waals surface area (Å²) in [5.74, 6) is -3.58. The third kappa shape index (κ3) is 5.47. The van der Waals surface area contributed by atoms with E-state index in [4.69, 9.17) is 18.9 Å². The number of esters is 4. The number of rotatable bonds is 5. The molecule has 0 amide bonds. The van der Waals surface area contributed by atoms with E-state index in [2.05, 4.69) is 0 Å². The van der Waals surface area contributed by atoms with Gasteiger partial charge in [-0.1, -0.05) is 20.8 Å². The first kappa shape index (κ1) is 30.1. The lowest BCUT2D eigenvalue weighted by atomic mass is 9.48. The van der Waals surface area contributed by atoms with Gasteiger partial charge in [-0.2, -0.15) is 0 Å². The van der Waals surface area contributed by atoms with Crippen LogP contribution in [0, 0.1) is 22.7 Å². The number of hydrogen-bond donors (Lipinski definition) is 2. The van der Waals surface area contributed by atoms with Crippen molar-refractivity contribution in [2.45, 2.75) is 111 Å². The molecule has 2 N–H and O–H groups in total. The number of ether oxygens (including phenoxy) is 4. The summed E-state index contributed by atoms with van der Waals surface area (Å²) in [6.45, 7) is 12.3. The lowest BCUT2D eigenvalue weighted by Crippen LogP contribution is -2.68. The van der Waals surface area contributed by atoms with Crippen LogP contribution in [0.25, 0.3) is 0 Å². The molecule has 214 valence electrons. The topological polar surface area (TPSA) is 146 Å². The Hall–Kier alpha value is -2.46. The van der Waals surface area contributed by atoms with Crippen LogP contribution in [0.3, 0.4) is 0 Å². The van der Waals surface area contributed by atoms with Crippen LogP contribution in [0.15, 0.2) is 11.1 Å². The average molecular weight is 539 g/mol. The van der Waals surface area contributed by atoms with Crippen LogP contribution in [0.2, 0.25) is 0 Å². The maximum absolute atomic E-state index is 12.5. The van der Waals surface area contributed by atoms with Crippen molar-refractivity contribution in [1.82, 2.24) is 0 Å². The molecule has 0 aromatic heterocycles. The maximum atomic E-state index is 12.5. The first-order valence-electron chi connectivity index (χ1n) is 13.2. The Bertz CT molecular complexity index is 1020. The molecule has 3 rings (SSSR count).